The standard InChI is InChI=1S/C16H25NO5/c1-9(2)12-5-13(18)17(16(12)20)6-14-21-7-11(8-22-14)15(19)10(3)4/h9-12,14H,5-8H2,1-4H3. The van der Waals surface area contributed by atoms with Crippen LogP contribution < -0.4 is 0 Å². The summed E-state index contributed by atoms with van der Waals surface area (Å²) in [4.78, 5) is 37.3. The van der Waals surface area contributed by atoms with Crippen molar-refractivity contribution < 1.29 is 23.9 Å². The van der Waals surface area contributed by atoms with E-state index in [9.17, 15) is 14.4 Å². The molecule has 1 unspecified atom stereocenters. The van der Waals surface area contributed by atoms with Gasteiger partial charge < -0.3 is 9.47 Å². The second-order valence-corrected chi connectivity index (χ2v) is 6.75. The third-order valence-corrected chi connectivity index (χ3v) is 4.35. The van der Waals surface area contributed by atoms with Crippen LogP contribution >= 0.6 is 0 Å². The molecule has 1 atom stereocenters. The van der Waals surface area contributed by atoms with Gasteiger partial charge in [0.2, 0.25) is 11.8 Å². The molecule has 0 aliphatic carbocycles. The highest BCUT2D eigenvalue weighted by Gasteiger charge is 2.42. The van der Waals surface area contributed by atoms with Crippen LogP contribution in [0.3, 0.4) is 0 Å². The Hall–Kier alpha value is -1.27. The summed E-state index contributed by atoms with van der Waals surface area (Å²) in [5.41, 5.74) is 0. The molecule has 6 heteroatoms. The second kappa shape index (κ2) is 6.87. The van der Waals surface area contributed by atoms with Crippen molar-refractivity contribution in [3.8, 4) is 0 Å². The Balaban J connectivity index is 1.87. The largest absolute Gasteiger partial charge is 0.350 e. The zero-order valence-corrected chi connectivity index (χ0v) is 13.7. The number of carbonyl (C=O) groups excluding carboxylic acids is 3. The summed E-state index contributed by atoms with van der Waals surface area (Å²) in [5.74, 6) is -0.614. The van der Waals surface area contributed by atoms with Crippen LogP contribution in [-0.4, -0.2) is 48.5 Å². The molecule has 2 fully saturated rings. The van der Waals surface area contributed by atoms with Crippen molar-refractivity contribution in [3.63, 3.8) is 0 Å². The molecule has 2 saturated heterocycles. The van der Waals surface area contributed by atoms with E-state index in [0.29, 0.717) is 0 Å². The van der Waals surface area contributed by atoms with Gasteiger partial charge in [0.05, 0.1) is 25.7 Å². The summed E-state index contributed by atoms with van der Waals surface area (Å²) in [6.45, 7) is 8.26. The molecule has 2 heterocycles. The summed E-state index contributed by atoms with van der Waals surface area (Å²) in [5, 5.41) is 0. The molecular formula is C16H25NO5. The zero-order chi connectivity index (χ0) is 16.4. The number of ether oxygens (including phenoxy) is 2. The molecule has 0 aromatic heterocycles. The van der Waals surface area contributed by atoms with Gasteiger partial charge in [-0.2, -0.15) is 0 Å². The Labute approximate surface area is 131 Å². The average Bonchev–Trinajstić information content (AvgIpc) is 2.75. The van der Waals surface area contributed by atoms with Crippen molar-refractivity contribution in [1.82, 2.24) is 4.90 Å². The van der Waals surface area contributed by atoms with Gasteiger partial charge in [0, 0.05) is 18.3 Å². The van der Waals surface area contributed by atoms with Gasteiger partial charge in [-0.15, -0.1) is 0 Å². The van der Waals surface area contributed by atoms with E-state index in [1.54, 1.807) is 0 Å². The topological polar surface area (TPSA) is 72.9 Å². The minimum Gasteiger partial charge on any atom is -0.350 e. The summed E-state index contributed by atoms with van der Waals surface area (Å²) in [6.07, 6.45) is -0.368. The smallest absolute Gasteiger partial charge is 0.233 e. The van der Waals surface area contributed by atoms with Gasteiger partial charge in [-0.1, -0.05) is 27.7 Å². The summed E-state index contributed by atoms with van der Waals surface area (Å²) < 4.78 is 11.1. The van der Waals surface area contributed by atoms with Crippen LogP contribution in [-0.2, 0) is 23.9 Å². The number of nitrogens with zero attached hydrogens (tertiary/aromatic N) is 1. The fraction of sp³-hybridized carbons (Fsp3) is 0.812. The van der Waals surface area contributed by atoms with Gasteiger partial charge in [0.1, 0.15) is 5.78 Å². The van der Waals surface area contributed by atoms with E-state index >= 15 is 0 Å². The summed E-state index contributed by atoms with van der Waals surface area (Å²) in [7, 11) is 0. The van der Waals surface area contributed by atoms with Crippen molar-refractivity contribution in [2.75, 3.05) is 19.8 Å². The maximum atomic E-state index is 12.2. The fourth-order valence-electron chi connectivity index (χ4n) is 2.85. The quantitative estimate of drug-likeness (QED) is 0.714. The van der Waals surface area contributed by atoms with E-state index < -0.39 is 6.29 Å². The average molecular weight is 311 g/mol. The highest BCUT2D eigenvalue weighted by molar-refractivity contribution is 6.03. The predicted octanol–water partition coefficient (Wildman–Crippen LogP) is 1.23. The number of carbonyl (C=O) groups is 3. The molecule has 0 spiro atoms. The first-order valence-corrected chi connectivity index (χ1v) is 7.92. The van der Waals surface area contributed by atoms with Gasteiger partial charge in [0.15, 0.2) is 6.29 Å². The van der Waals surface area contributed by atoms with Crippen LogP contribution in [0.25, 0.3) is 0 Å². The maximum Gasteiger partial charge on any atom is 0.233 e. The van der Waals surface area contributed by atoms with E-state index in [1.165, 1.54) is 4.90 Å². The maximum absolute atomic E-state index is 12.2. The zero-order valence-electron chi connectivity index (χ0n) is 13.7. The highest BCUT2D eigenvalue weighted by Crippen LogP contribution is 2.27. The molecule has 6 nitrogen and oxygen atoms in total. The first kappa shape index (κ1) is 17.1. The Kier molecular flexibility index (Phi) is 5.34. The normalized spacial score (nSPS) is 29.7. The van der Waals surface area contributed by atoms with E-state index in [2.05, 4.69) is 0 Å². The number of Topliss-reactive ketones (excluding diaryl/α,β-unsaturated/α-hetero) is 1. The molecule has 124 valence electrons. The van der Waals surface area contributed by atoms with Gasteiger partial charge in [-0.05, 0) is 5.92 Å². The Morgan fingerprint density at radius 3 is 2.23 bits per heavy atom. The highest BCUT2D eigenvalue weighted by atomic mass is 16.7. The third-order valence-electron chi connectivity index (χ3n) is 4.35. The lowest BCUT2D eigenvalue weighted by atomic mass is 9.94. The summed E-state index contributed by atoms with van der Waals surface area (Å²) >= 11 is 0. The third kappa shape index (κ3) is 3.55. The van der Waals surface area contributed by atoms with Gasteiger partial charge >= 0.3 is 0 Å². The van der Waals surface area contributed by atoms with Gasteiger partial charge in [0.25, 0.3) is 0 Å². The molecule has 2 rings (SSSR count). The van der Waals surface area contributed by atoms with Crippen LogP contribution in [0.1, 0.15) is 34.1 Å². The molecular weight excluding hydrogens is 286 g/mol. The minimum absolute atomic E-state index is 0.0534. The van der Waals surface area contributed by atoms with Crippen LogP contribution in [0.15, 0.2) is 0 Å². The number of hydrogen-bond donors (Lipinski definition) is 0. The minimum atomic E-state index is -0.630. The lowest BCUT2D eigenvalue weighted by Gasteiger charge is -2.31. The van der Waals surface area contributed by atoms with E-state index in [-0.39, 0.29) is 67.4 Å². The molecule has 2 amide bonds. The van der Waals surface area contributed by atoms with Crippen LogP contribution in [0.4, 0.5) is 0 Å². The van der Waals surface area contributed by atoms with Crippen molar-refractivity contribution in [2.24, 2.45) is 23.7 Å². The number of amides is 2. The number of imide groups is 1. The monoisotopic (exact) mass is 311 g/mol. The van der Waals surface area contributed by atoms with E-state index in [0.717, 1.165) is 0 Å². The van der Waals surface area contributed by atoms with Crippen molar-refractivity contribution >= 4 is 17.6 Å². The molecule has 0 aromatic rings. The molecule has 0 radical (unpaired) electrons. The molecule has 0 aromatic carbocycles. The number of rotatable bonds is 5. The van der Waals surface area contributed by atoms with Gasteiger partial charge in [-0.3, -0.25) is 19.3 Å². The molecule has 0 saturated carbocycles. The van der Waals surface area contributed by atoms with E-state index in [1.807, 2.05) is 27.7 Å². The SMILES string of the molecule is CC(C)C(=O)C1COC(CN2C(=O)CC(C(C)C)C2=O)OC1. The number of likely N-dealkylation sites (tertiary alicyclic amines) is 1. The van der Waals surface area contributed by atoms with Crippen molar-refractivity contribution in [2.45, 2.75) is 40.4 Å². The first-order chi connectivity index (χ1) is 10.3. The molecule has 2 aliphatic heterocycles. The van der Waals surface area contributed by atoms with E-state index in [4.69, 9.17) is 9.47 Å². The van der Waals surface area contributed by atoms with Crippen molar-refractivity contribution in [1.29, 1.82) is 0 Å². The fourth-order valence-corrected chi connectivity index (χ4v) is 2.85. The predicted molar refractivity (Wildman–Crippen MR) is 78.7 cm³/mol. The second-order valence-electron chi connectivity index (χ2n) is 6.75. The van der Waals surface area contributed by atoms with Crippen molar-refractivity contribution in [3.05, 3.63) is 0 Å². The lowest BCUT2D eigenvalue weighted by molar-refractivity contribution is -0.208. The lowest BCUT2D eigenvalue weighted by Crippen LogP contribution is -2.45. The van der Waals surface area contributed by atoms with Crippen LogP contribution in [0, 0.1) is 23.7 Å². The number of ketones is 1. The van der Waals surface area contributed by atoms with Gasteiger partial charge in [-0.25, -0.2) is 0 Å². The Morgan fingerprint density at radius 2 is 1.77 bits per heavy atom. The summed E-state index contributed by atoms with van der Waals surface area (Å²) in [6, 6.07) is 0. The molecule has 22 heavy (non-hydrogen) atoms. The van der Waals surface area contributed by atoms with Crippen LogP contribution in [0.5, 0.6) is 0 Å². The Bertz CT molecular complexity index is 451. The Morgan fingerprint density at radius 1 is 1.18 bits per heavy atom. The number of hydrogen-bond acceptors (Lipinski definition) is 5. The molecule has 0 bridgehead atoms. The molecule has 2 aliphatic rings. The molecule has 0 N–H and O–H groups in total. The van der Waals surface area contributed by atoms with Crippen LogP contribution in [0.2, 0.25) is 0 Å². The first-order valence-electron chi connectivity index (χ1n) is 7.92.